The smallest absolute Gasteiger partial charge is 0.338 e. The van der Waals surface area contributed by atoms with E-state index in [1.54, 1.807) is 17.4 Å². The van der Waals surface area contributed by atoms with Crippen molar-refractivity contribution in [2.75, 3.05) is 5.32 Å². The number of carboxylic acid groups (broad SMARTS) is 1. The minimum Gasteiger partial charge on any atom is -0.478 e. The number of carboxylic acids is 1. The van der Waals surface area contributed by atoms with Crippen LogP contribution in [0.4, 0.5) is 10.1 Å². The Kier molecular flexibility index (Phi) is 3.62. The highest BCUT2D eigenvalue weighted by molar-refractivity contribution is 7.10. The number of hydrogen-bond donors (Lipinski definition) is 2. The highest BCUT2D eigenvalue weighted by Gasteiger charge is 2.12. The SMILES string of the molecule is CC(Nc1ccc(C(=O)O)c(F)c1)c1cccs1. The van der Waals surface area contributed by atoms with E-state index in [4.69, 9.17) is 5.11 Å². The van der Waals surface area contributed by atoms with E-state index >= 15 is 0 Å². The fraction of sp³-hybridized carbons (Fsp3) is 0.154. The Morgan fingerprint density at radius 3 is 2.78 bits per heavy atom. The third kappa shape index (κ3) is 2.68. The second-order valence-electron chi connectivity index (χ2n) is 3.88. The average Bonchev–Trinajstić information content (AvgIpc) is 2.81. The Morgan fingerprint density at radius 1 is 1.44 bits per heavy atom. The molecule has 18 heavy (non-hydrogen) atoms. The van der Waals surface area contributed by atoms with E-state index in [1.165, 1.54) is 12.1 Å². The van der Waals surface area contributed by atoms with Gasteiger partial charge in [-0.15, -0.1) is 11.3 Å². The summed E-state index contributed by atoms with van der Waals surface area (Å²) in [4.78, 5) is 11.8. The van der Waals surface area contributed by atoms with E-state index in [9.17, 15) is 9.18 Å². The molecule has 1 aromatic heterocycles. The number of rotatable bonds is 4. The second-order valence-corrected chi connectivity index (χ2v) is 4.86. The summed E-state index contributed by atoms with van der Waals surface area (Å²) in [5.41, 5.74) is 0.253. The molecule has 0 saturated heterocycles. The van der Waals surface area contributed by atoms with E-state index in [0.717, 1.165) is 4.88 Å². The maximum absolute atomic E-state index is 13.5. The standard InChI is InChI=1S/C13H12FNO2S/c1-8(12-3-2-6-18-12)15-9-4-5-10(13(16)17)11(14)7-9/h2-8,15H,1H3,(H,16,17). The van der Waals surface area contributed by atoms with Gasteiger partial charge in [-0.3, -0.25) is 0 Å². The van der Waals surface area contributed by atoms with Gasteiger partial charge in [0.15, 0.2) is 0 Å². The zero-order chi connectivity index (χ0) is 13.1. The lowest BCUT2D eigenvalue weighted by Crippen LogP contribution is -2.06. The molecule has 0 aliphatic heterocycles. The highest BCUT2D eigenvalue weighted by atomic mass is 32.1. The van der Waals surface area contributed by atoms with Crippen LogP contribution in [-0.4, -0.2) is 11.1 Å². The average molecular weight is 265 g/mol. The molecule has 94 valence electrons. The molecular formula is C13H12FNO2S. The highest BCUT2D eigenvalue weighted by Crippen LogP contribution is 2.24. The molecule has 0 aliphatic carbocycles. The molecule has 1 aromatic carbocycles. The van der Waals surface area contributed by atoms with E-state index in [0.29, 0.717) is 5.69 Å². The topological polar surface area (TPSA) is 49.3 Å². The molecule has 0 saturated carbocycles. The Bertz CT molecular complexity index is 554. The number of halogens is 1. The molecular weight excluding hydrogens is 253 g/mol. The zero-order valence-corrected chi connectivity index (χ0v) is 10.5. The van der Waals surface area contributed by atoms with Crippen molar-refractivity contribution in [3.8, 4) is 0 Å². The van der Waals surface area contributed by atoms with Gasteiger partial charge in [-0.25, -0.2) is 9.18 Å². The summed E-state index contributed by atoms with van der Waals surface area (Å²) in [5, 5.41) is 13.8. The lowest BCUT2D eigenvalue weighted by molar-refractivity contribution is 0.0692. The molecule has 2 N–H and O–H groups in total. The van der Waals surface area contributed by atoms with E-state index in [1.807, 2.05) is 24.4 Å². The van der Waals surface area contributed by atoms with Gasteiger partial charge < -0.3 is 10.4 Å². The molecule has 1 atom stereocenters. The van der Waals surface area contributed by atoms with Crippen molar-refractivity contribution in [1.29, 1.82) is 0 Å². The number of anilines is 1. The van der Waals surface area contributed by atoms with Crippen LogP contribution >= 0.6 is 11.3 Å². The predicted molar refractivity (Wildman–Crippen MR) is 69.7 cm³/mol. The van der Waals surface area contributed by atoms with Crippen molar-refractivity contribution >= 4 is 23.0 Å². The van der Waals surface area contributed by atoms with Crippen molar-refractivity contribution in [2.24, 2.45) is 0 Å². The molecule has 0 spiro atoms. The van der Waals surface area contributed by atoms with Crippen molar-refractivity contribution in [3.05, 3.63) is 52.0 Å². The fourth-order valence-corrected chi connectivity index (χ4v) is 2.37. The summed E-state index contributed by atoms with van der Waals surface area (Å²) in [6.45, 7) is 1.97. The van der Waals surface area contributed by atoms with Crippen molar-refractivity contribution in [1.82, 2.24) is 0 Å². The van der Waals surface area contributed by atoms with Crippen LogP contribution in [-0.2, 0) is 0 Å². The number of hydrogen-bond acceptors (Lipinski definition) is 3. The van der Waals surface area contributed by atoms with Crippen molar-refractivity contribution in [2.45, 2.75) is 13.0 Å². The fourth-order valence-electron chi connectivity index (χ4n) is 1.64. The quantitative estimate of drug-likeness (QED) is 0.885. The molecule has 3 nitrogen and oxygen atoms in total. The molecule has 0 radical (unpaired) electrons. The van der Waals surface area contributed by atoms with Gasteiger partial charge in [0.1, 0.15) is 5.82 Å². The van der Waals surface area contributed by atoms with Gasteiger partial charge in [0.25, 0.3) is 0 Å². The summed E-state index contributed by atoms with van der Waals surface area (Å²) < 4.78 is 13.5. The summed E-state index contributed by atoms with van der Waals surface area (Å²) in [6, 6.07) is 8.03. The number of carbonyl (C=O) groups is 1. The number of nitrogens with one attached hydrogen (secondary N) is 1. The van der Waals surface area contributed by atoms with Crippen LogP contribution in [0.1, 0.15) is 28.2 Å². The molecule has 0 bridgehead atoms. The van der Waals surface area contributed by atoms with E-state index in [2.05, 4.69) is 5.32 Å². The normalized spacial score (nSPS) is 12.1. The van der Waals surface area contributed by atoms with Gasteiger partial charge in [-0.1, -0.05) is 6.07 Å². The van der Waals surface area contributed by atoms with Crippen LogP contribution < -0.4 is 5.32 Å². The summed E-state index contributed by atoms with van der Waals surface area (Å²) in [6.07, 6.45) is 0. The van der Waals surface area contributed by atoms with Crippen molar-refractivity contribution in [3.63, 3.8) is 0 Å². The number of aromatic carboxylic acids is 1. The van der Waals surface area contributed by atoms with Crippen LogP contribution in [0.2, 0.25) is 0 Å². The van der Waals surface area contributed by atoms with Gasteiger partial charge in [0.05, 0.1) is 11.6 Å². The minimum absolute atomic E-state index is 0.0556. The first-order chi connectivity index (χ1) is 8.58. The summed E-state index contributed by atoms with van der Waals surface area (Å²) in [7, 11) is 0. The maximum Gasteiger partial charge on any atom is 0.338 e. The Morgan fingerprint density at radius 2 is 2.22 bits per heavy atom. The first kappa shape index (κ1) is 12.6. The van der Waals surface area contributed by atoms with Crippen LogP contribution in [0.25, 0.3) is 0 Å². The molecule has 5 heteroatoms. The summed E-state index contributed by atoms with van der Waals surface area (Å²) >= 11 is 1.61. The summed E-state index contributed by atoms with van der Waals surface area (Å²) in [5.74, 6) is -1.99. The number of thiophene rings is 1. The zero-order valence-electron chi connectivity index (χ0n) is 9.68. The van der Waals surface area contributed by atoms with Crippen LogP contribution in [0, 0.1) is 5.82 Å². The Hall–Kier alpha value is -1.88. The molecule has 0 aliphatic rings. The lowest BCUT2D eigenvalue weighted by atomic mass is 10.1. The first-order valence-electron chi connectivity index (χ1n) is 5.40. The van der Waals surface area contributed by atoms with Crippen LogP contribution in [0.5, 0.6) is 0 Å². The molecule has 0 fully saturated rings. The van der Waals surface area contributed by atoms with Crippen LogP contribution in [0.15, 0.2) is 35.7 Å². The first-order valence-corrected chi connectivity index (χ1v) is 6.28. The predicted octanol–water partition coefficient (Wildman–Crippen LogP) is 3.76. The lowest BCUT2D eigenvalue weighted by Gasteiger charge is -2.14. The maximum atomic E-state index is 13.5. The third-order valence-electron chi connectivity index (χ3n) is 2.55. The van der Waals surface area contributed by atoms with E-state index in [-0.39, 0.29) is 11.6 Å². The largest absolute Gasteiger partial charge is 0.478 e. The minimum atomic E-state index is -1.26. The van der Waals surface area contributed by atoms with Gasteiger partial charge in [0, 0.05) is 10.6 Å². The van der Waals surface area contributed by atoms with E-state index < -0.39 is 11.8 Å². The number of benzene rings is 1. The van der Waals surface area contributed by atoms with Gasteiger partial charge in [-0.05, 0) is 36.6 Å². The molecule has 2 rings (SSSR count). The second kappa shape index (κ2) is 5.18. The van der Waals surface area contributed by atoms with Crippen LogP contribution in [0.3, 0.4) is 0 Å². The van der Waals surface area contributed by atoms with Gasteiger partial charge in [-0.2, -0.15) is 0 Å². The molecule has 1 heterocycles. The molecule has 1 unspecified atom stereocenters. The molecule has 0 amide bonds. The Balaban J connectivity index is 2.15. The molecule has 2 aromatic rings. The Labute approximate surface area is 108 Å². The monoisotopic (exact) mass is 265 g/mol. The van der Waals surface area contributed by atoms with Crippen molar-refractivity contribution < 1.29 is 14.3 Å². The third-order valence-corrected chi connectivity index (χ3v) is 3.61. The van der Waals surface area contributed by atoms with Gasteiger partial charge >= 0.3 is 5.97 Å². The van der Waals surface area contributed by atoms with Gasteiger partial charge in [0.2, 0.25) is 0 Å².